The number of fused-ring (bicyclic) bond motifs is 2. The van der Waals surface area contributed by atoms with E-state index >= 15 is 0 Å². The van der Waals surface area contributed by atoms with Crippen LogP contribution >= 0.6 is 15.9 Å². The van der Waals surface area contributed by atoms with E-state index in [9.17, 15) is 4.79 Å². The van der Waals surface area contributed by atoms with Crippen molar-refractivity contribution in [2.75, 3.05) is 11.9 Å². The molecule has 0 unspecified atom stereocenters. The second-order valence-corrected chi connectivity index (χ2v) is 6.08. The van der Waals surface area contributed by atoms with E-state index in [0.29, 0.717) is 5.57 Å². The van der Waals surface area contributed by atoms with Crippen molar-refractivity contribution in [2.24, 2.45) is 0 Å². The van der Waals surface area contributed by atoms with Gasteiger partial charge in [-0.1, -0.05) is 22.0 Å². The summed E-state index contributed by atoms with van der Waals surface area (Å²) in [6.45, 7) is 0.742. The number of carbonyl (C=O) groups is 1. The summed E-state index contributed by atoms with van der Waals surface area (Å²) in [6.07, 6.45) is 2.87. The number of halogens is 1. The van der Waals surface area contributed by atoms with E-state index in [1.165, 1.54) is 5.56 Å². The van der Waals surface area contributed by atoms with Crippen LogP contribution in [-0.4, -0.2) is 12.5 Å². The molecule has 2 aliphatic heterocycles. The maximum absolute atomic E-state index is 12.2. The van der Waals surface area contributed by atoms with Gasteiger partial charge in [-0.3, -0.25) is 4.79 Å². The van der Waals surface area contributed by atoms with Gasteiger partial charge in [-0.25, -0.2) is 0 Å². The molecule has 4 heteroatoms. The van der Waals surface area contributed by atoms with E-state index in [1.807, 2.05) is 36.4 Å². The Kier molecular flexibility index (Phi) is 2.86. The molecule has 21 heavy (non-hydrogen) atoms. The van der Waals surface area contributed by atoms with Gasteiger partial charge >= 0.3 is 0 Å². The van der Waals surface area contributed by atoms with Gasteiger partial charge in [0.25, 0.3) is 5.91 Å². The molecule has 2 aromatic rings. The van der Waals surface area contributed by atoms with Crippen molar-refractivity contribution in [1.82, 2.24) is 0 Å². The second kappa shape index (κ2) is 4.74. The van der Waals surface area contributed by atoms with Gasteiger partial charge in [0, 0.05) is 27.7 Å². The normalized spacial score (nSPS) is 17.4. The first-order chi connectivity index (χ1) is 10.2. The summed E-state index contributed by atoms with van der Waals surface area (Å²) < 4.78 is 6.47. The standard InChI is InChI=1S/C17H12BrNO2/c18-12-2-3-15-13(9-12)14(17(20)19-15)8-10-1-4-16-11(7-10)5-6-21-16/h1-4,7-9H,5-6H2,(H,19,20)/b14-8+. The van der Waals surface area contributed by atoms with Crippen molar-refractivity contribution in [3.63, 3.8) is 0 Å². The van der Waals surface area contributed by atoms with Crippen LogP contribution in [0.3, 0.4) is 0 Å². The topological polar surface area (TPSA) is 38.3 Å². The number of rotatable bonds is 1. The fraction of sp³-hybridized carbons (Fsp3) is 0.118. The number of anilines is 1. The van der Waals surface area contributed by atoms with Crippen LogP contribution in [-0.2, 0) is 11.2 Å². The zero-order valence-electron chi connectivity index (χ0n) is 11.2. The van der Waals surface area contributed by atoms with E-state index in [1.54, 1.807) is 0 Å². The van der Waals surface area contributed by atoms with Crippen molar-refractivity contribution in [3.8, 4) is 5.75 Å². The number of hydrogen-bond donors (Lipinski definition) is 1. The lowest BCUT2D eigenvalue weighted by atomic mass is 10.0. The minimum Gasteiger partial charge on any atom is -0.493 e. The third-order valence-corrected chi connectivity index (χ3v) is 4.28. The smallest absolute Gasteiger partial charge is 0.256 e. The molecule has 0 saturated carbocycles. The van der Waals surface area contributed by atoms with E-state index in [0.717, 1.165) is 40.1 Å². The minimum absolute atomic E-state index is 0.0557. The Bertz CT molecular complexity index is 795. The quantitative estimate of drug-likeness (QED) is 0.799. The Morgan fingerprint density at radius 1 is 1.19 bits per heavy atom. The van der Waals surface area contributed by atoms with Crippen molar-refractivity contribution in [2.45, 2.75) is 6.42 Å². The van der Waals surface area contributed by atoms with Crippen LogP contribution in [0.2, 0.25) is 0 Å². The van der Waals surface area contributed by atoms with Crippen LogP contribution in [0.1, 0.15) is 16.7 Å². The molecule has 2 aliphatic rings. The van der Waals surface area contributed by atoms with Gasteiger partial charge in [-0.05, 0) is 47.5 Å². The Morgan fingerprint density at radius 3 is 3.00 bits per heavy atom. The second-order valence-electron chi connectivity index (χ2n) is 5.17. The molecule has 1 N–H and O–H groups in total. The van der Waals surface area contributed by atoms with Gasteiger partial charge in [0.05, 0.1) is 6.61 Å². The summed E-state index contributed by atoms with van der Waals surface area (Å²) in [4.78, 5) is 12.2. The average Bonchev–Trinajstić information content (AvgIpc) is 3.04. The van der Waals surface area contributed by atoms with Gasteiger partial charge in [-0.2, -0.15) is 0 Å². The molecule has 4 rings (SSSR count). The molecule has 0 aliphatic carbocycles. The van der Waals surface area contributed by atoms with Gasteiger partial charge in [0.15, 0.2) is 0 Å². The Morgan fingerprint density at radius 2 is 2.10 bits per heavy atom. The van der Waals surface area contributed by atoms with Crippen molar-refractivity contribution >= 4 is 39.2 Å². The van der Waals surface area contributed by atoms with E-state index in [-0.39, 0.29) is 5.91 Å². The van der Waals surface area contributed by atoms with E-state index < -0.39 is 0 Å². The summed E-state index contributed by atoms with van der Waals surface area (Å²) in [7, 11) is 0. The van der Waals surface area contributed by atoms with Crippen molar-refractivity contribution in [3.05, 3.63) is 57.6 Å². The molecule has 3 nitrogen and oxygen atoms in total. The lowest BCUT2D eigenvalue weighted by Gasteiger charge is -2.02. The Labute approximate surface area is 130 Å². The van der Waals surface area contributed by atoms with Crippen LogP contribution in [0, 0.1) is 0 Å². The average molecular weight is 342 g/mol. The predicted octanol–water partition coefficient (Wildman–Crippen LogP) is 3.88. The van der Waals surface area contributed by atoms with Crippen molar-refractivity contribution in [1.29, 1.82) is 0 Å². The Hall–Kier alpha value is -2.07. The molecule has 0 spiro atoms. The third kappa shape index (κ3) is 2.16. The van der Waals surface area contributed by atoms with Crippen LogP contribution in [0.25, 0.3) is 11.6 Å². The number of carbonyl (C=O) groups excluding carboxylic acids is 1. The summed E-state index contributed by atoms with van der Waals surface area (Å²) in [5.74, 6) is 0.899. The van der Waals surface area contributed by atoms with Crippen LogP contribution < -0.4 is 10.1 Å². The molecule has 2 heterocycles. The van der Waals surface area contributed by atoms with Crippen molar-refractivity contribution < 1.29 is 9.53 Å². The Balaban J connectivity index is 1.80. The van der Waals surface area contributed by atoms with Gasteiger partial charge in [0.1, 0.15) is 5.75 Å². The SMILES string of the molecule is O=C1Nc2ccc(Br)cc2/C1=C\c1ccc2c(c1)CCO2. The highest BCUT2D eigenvalue weighted by Gasteiger charge is 2.24. The van der Waals surface area contributed by atoms with E-state index in [2.05, 4.69) is 27.3 Å². The molecule has 0 atom stereocenters. The molecule has 0 fully saturated rings. The number of benzene rings is 2. The lowest BCUT2D eigenvalue weighted by molar-refractivity contribution is -0.110. The van der Waals surface area contributed by atoms with Gasteiger partial charge in [0.2, 0.25) is 0 Å². The number of ether oxygens (including phenoxy) is 1. The highest BCUT2D eigenvalue weighted by atomic mass is 79.9. The molecule has 0 radical (unpaired) electrons. The summed E-state index contributed by atoms with van der Waals surface area (Å²) in [6, 6.07) is 11.9. The van der Waals surface area contributed by atoms with Crippen LogP contribution in [0.15, 0.2) is 40.9 Å². The number of amides is 1. The molecule has 1 amide bonds. The predicted molar refractivity (Wildman–Crippen MR) is 86.3 cm³/mol. The third-order valence-electron chi connectivity index (χ3n) is 3.79. The molecule has 0 aromatic heterocycles. The molecule has 0 saturated heterocycles. The maximum Gasteiger partial charge on any atom is 0.256 e. The highest BCUT2D eigenvalue weighted by Crippen LogP contribution is 2.35. The van der Waals surface area contributed by atoms with Gasteiger partial charge in [-0.15, -0.1) is 0 Å². The molecular weight excluding hydrogens is 330 g/mol. The fourth-order valence-electron chi connectivity index (χ4n) is 2.77. The summed E-state index contributed by atoms with van der Waals surface area (Å²) in [5.41, 5.74) is 4.73. The molecule has 104 valence electrons. The monoisotopic (exact) mass is 341 g/mol. The zero-order chi connectivity index (χ0) is 14.4. The van der Waals surface area contributed by atoms with Gasteiger partial charge < -0.3 is 10.1 Å². The largest absolute Gasteiger partial charge is 0.493 e. The maximum atomic E-state index is 12.2. The van der Waals surface area contributed by atoms with Crippen LogP contribution in [0.4, 0.5) is 5.69 Å². The first-order valence-electron chi connectivity index (χ1n) is 6.79. The number of nitrogens with one attached hydrogen (secondary N) is 1. The summed E-state index contributed by atoms with van der Waals surface area (Å²) >= 11 is 3.46. The lowest BCUT2D eigenvalue weighted by Crippen LogP contribution is -2.03. The highest BCUT2D eigenvalue weighted by molar-refractivity contribution is 9.10. The zero-order valence-corrected chi connectivity index (χ0v) is 12.7. The first kappa shape index (κ1) is 12.7. The molecule has 0 bridgehead atoms. The fourth-order valence-corrected chi connectivity index (χ4v) is 3.13. The van der Waals surface area contributed by atoms with E-state index in [4.69, 9.17) is 4.74 Å². The van der Waals surface area contributed by atoms with Crippen LogP contribution in [0.5, 0.6) is 5.75 Å². The molecular formula is C17H12BrNO2. The first-order valence-corrected chi connectivity index (χ1v) is 7.59. The molecule has 2 aromatic carbocycles. The minimum atomic E-state index is -0.0557. The summed E-state index contributed by atoms with van der Waals surface area (Å²) in [5, 5.41) is 2.89. The number of hydrogen-bond acceptors (Lipinski definition) is 2.